The summed E-state index contributed by atoms with van der Waals surface area (Å²) in [6.07, 6.45) is 6.09. The predicted molar refractivity (Wildman–Crippen MR) is 136 cm³/mol. The summed E-state index contributed by atoms with van der Waals surface area (Å²) in [4.78, 5) is 8.03. The van der Waals surface area contributed by atoms with Gasteiger partial charge in [0.05, 0.1) is 17.9 Å². The number of hydrogen-bond donors (Lipinski definition) is 2. The molecule has 2 heterocycles. The number of anilines is 1. The molecule has 2 aromatic carbocycles. The molecule has 0 amide bonds. The average molecular weight is 443 g/mol. The lowest BCUT2D eigenvalue weighted by Crippen LogP contribution is -2.33. The van der Waals surface area contributed by atoms with Gasteiger partial charge in [0.1, 0.15) is 12.4 Å². The van der Waals surface area contributed by atoms with E-state index in [1.807, 2.05) is 0 Å². The molecule has 172 valence electrons. The van der Waals surface area contributed by atoms with Gasteiger partial charge in [-0.3, -0.25) is 0 Å². The van der Waals surface area contributed by atoms with Gasteiger partial charge in [0, 0.05) is 41.8 Å². The van der Waals surface area contributed by atoms with Crippen molar-refractivity contribution in [1.82, 2.24) is 15.2 Å². The van der Waals surface area contributed by atoms with Crippen LogP contribution in [0, 0.1) is 5.92 Å². The maximum atomic E-state index is 5.93. The van der Waals surface area contributed by atoms with Gasteiger partial charge < -0.3 is 24.8 Å². The molecular formula is C28H34N4O. The Kier molecular flexibility index (Phi) is 6.40. The quantitative estimate of drug-likeness (QED) is 0.479. The zero-order chi connectivity index (χ0) is 22.6. The number of aromatic amines is 1. The minimum Gasteiger partial charge on any atom is -0.492 e. The van der Waals surface area contributed by atoms with Crippen LogP contribution in [-0.4, -0.2) is 43.7 Å². The van der Waals surface area contributed by atoms with Gasteiger partial charge in [0.2, 0.25) is 0 Å². The first-order valence-electron chi connectivity index (χ1n) is 12.0. The molecule has 1 saturated carbocycles. The first kappa shape index (κ1) is 21.7. The van der Waals surface area contributed by atoms with Crippen LogP contribution in [0.15, 0.2) is 66.9 Å². The third kappa shape index (κ3) is 4.79. The fourth-order valence-corrected chi connectivity index (χ4v) is 4.58. The van der Waals surface area contributed by atoms with Gasteiger partial charge in [-0.05, 0) is 63.2 Å². The maximum Gasteiger partial charge on any atom is 0.119 e. The van der Waals surface area contributed by atoms with Crippen molar-refractivity contribution in [3.63, 3.8) is 0 Å². The minimum absolute atomic E-state index is 0.687. The summed E-state index contributed by atoms with van der Waals surface area (Å²) >= 11 is 0. The second-order valence-corrected chi connectivity index (χ2v) is 9.37. The zero-order valence-electron chi connectivity index (χ0n) is 19.7. The molecule has 1 fully saturated rings. The van der Waals surface area contributed by atoms with E-state index in [-0.39, 0.29) is 0 Å². The van der Waals surface area contributed by atoms with Crippen molar-refractivity contribution in [2.75, 3.05) is 38.7 Å². The maximum absolute atomic E-state index is 5.93. The number of fused-ring (bicyclic) bond motifs is 1. The number of H-pyrrole nitrogens is 1. The number of rotatable bonds is 9. The first-order valence-corrected chi connectivity index (χ1v) is 12.0. The Hall–Kier alpha value is -3.18. The monoisotopic (exact) mass is 442 g/mol. The summed E-state index contributed by atoms with van der Waals surface area (Å²) in [6.45, 7) is 3.43. The average Bonchev–Trinajstić information content (AvgIpc) is 3.27. The Morgan fingerprint density at radius 3 is 2.52 bits per heavy atom. The Labute approximate surface area is 197 Å². The van der Waals surface area contributed by atoms with E-state index in [1.54, 1.807) is 0 Å². The third-order valence-corrected chi connectivity index (χ3v) is 6.72. The normalized spacial score (nSPS) is 16.0. The van der Waals surface area contributed by atoms with Crippen molar-refractivity contribution in [2.24, 2.45) is 5.92 Å². The SMILES string of the molecule is CN(C)CCOc1ccc(N2Cc3[nH]ccc3C(NCC3CCC3)=C2c2ccccc2)cc1. The molecule has 5 heteroatoms. The topological polar surface area (TPSA) is 43.5 Å². The number of nitrogens with zero attached hydrogens (tertiary/aromatic N) is 2. The van der Waals surface area contributed by atoms with E-state index in [4.69, 9.17) is 4.74 Å². The molecular weight excluding hydrogens is 408 g/mol. The summed E-state index contributed by atoms with van der Waals surface area (Å²) in [5.41, 5.74) is 7.39. The van der Waals surface area contributed by atoms with Crippen LogP contribution in [0.5, 0.6) is 5.75 Å². The molecule has 0 atom stereocenters. The van der Waals surface area contributed by atoms with E-state index >= 15 is 0 Å². The smallest absolute Gasteiger partial charge is 0.119 e. The van der Waals surface area contributed by atoms with Gasteiger partial charge in [-0.2, -0.15) is 0 Å². The van der Waals surface area contributed by atoms with Crippen molar-refractivity contribution < 1.29 is 4.74 Å². The summed E-state index contributed by atoms with van der Waals surface area (Å²) in [5.74, 6) is 1.69. The Morgan fingerprint density at radius 1 is 1.03 bits per heavy atom. The van der Waals surface area contributed by atoms with Gasteiger partial charge >= 0.3 is 0 Å². The number of benzene rings is 2. The molecule has 1 aliphatic carbocycles. The highest BCUT2D eigenvalue weighted by Crippen LogP contribution is 2.39. The third-order valence-electron chi connectivity index (χ3n) is 6.72. The second kappa shape index (κ2) is 9.75. The largest absolute Gasteiger partial charge is 0.492 e. The second-order valence-electron chi connectivity index (χ2n) is 9.37. The summed E-state index contributed by atoms with van der Waals surface area (Å²) in [6, 6.07) is 21.5. The van der Waals surface area contributed by atoms with Gasteiger partial charge in [-0.25, -0.2) is 0 Å². The molecule has 0 spiro atoms. The fraction of sp³-hybridized carbons (Fsp3) is 0.357. The number of likely N-dealkylation sites (N-methyl/N-ethyl adjacent to an activating group) is 1. The molecule has 1 aromatic heterocycles. The lowest BCUT2D eigenvalue weighted by atomic mass is 9.85. The van der Waals surface area contributed by atoms with Crippen molar-refractivity contribution in [3.05, 3.63) is 83.7 Å². The lowest BCUT2D eigenvalue weighted by Gasteiger charge is -2.36. The summed E-state index contributed by atoms with van der Waals surface area (Å²) < 4.78 is 5.93. The van der Waals surface area contributed by atoms with E-state index in [2.05, 4.69) is 101 Å². The van der Waals surface area contributed by atoms with E-state index in [0.29, 0.717) is 6.61 Å². The van der Waals surface area contributed by atoms with Crippen LogP contribution in [0.3, 0.4) is 0 Å². The molecule has 5 rings (SSSR count). The van der Waals surface area contributed by atoms with Gasteiger partial charge in [-0.15, -0.1) is 0 Å². The van der Waals surface area contributed by atoms with Crippen LogP contribution in [0.4, 0.5) is 5.69 Å². The van der Waals surface area contributed by atoms with Crippen LogP contribution in [0.2, 0.25) is 0 Å². The minimum atomic E-state index is 0.687. The van der Waals surface area contributed by atoms with E-state index in [1.165, 1.54) is 47.5 Å². The summed E-state index contributed by atoms with van der Waals surface area (Å²) in [5, 5.41) is 3.85. The van der Waals surface area contributed by atoms with Gasteiger partial charge in [0.25, 0.3) is 0 Å². The van der Waals surface area contributed by atoms with Crippen molar-refractivity contribution in [1.29, 1.82) is 0 Å². The molecule has 33 heavy (non-hydrogen) atoms. The van der Waals surface area contributed by atoms with Crippen LogP contribution in [-0.2, 0) is 6.54 Å². The molecule has 1 aliphatic heterocycles. The van der Waals surface area contributed by atoms with Crippen LogP contribution in [0.25, 0.3) is 11.4 Å². The highest BCUT2D eigenvalue weighted by molar-refractivity contribution is 5.98. The van der Waals surface area contributed by atoms with Crippen LogP contribution < -0.4 is 15.0 Å². The summed E-state index contributed by atoms with van der Waals surface area (Å²) in [7, 11) is 4.12. The Bertz CT molecular complexity index is 1080. The fourth-order valence-electron chi connectivity index (χ4n) is 4.58. The number of hydrogen-bond acceptors (Lipinski definition) is 4. The highest BCUT2D eigenvalue weighted by atomic mass is 16.5. The van der Waals surface area contributed by atoms with E-state index in [9.17, 15) is 0 Å². The Balaban J connectivity index is 1.49. The molecule has 2 aliphatic rings. The zero-order valence-corrected chi connectivity index (χ0v) is 19.7. The number of ether oxygens (including phenoxy) is 1. The Morgan fingerprint density at radius 2 is 1.82 bits per heavy atom. The van der Waals surface area contributed by atoms with Crippen molar-refractivity contribution >= 4 is 17.1 Å². The van der Waals surface area contributed by atoms with Gasteiger partial charge in [-0.1, -0.05) is 36.8 Å². The van der Waals surface area contributed by atoms with E-state index in [0.717, 1.165) is 37.0 Å². The number of nitrogens with one attached hydrogen (secondary N) is 2. The highest BCUT2D eigenvalue weighted by Gasteiger charge is 2.29. The molecule has 5 nitrogen and oxygen atoms in total. The van der Waals surface area contributed by atoms with Gasteiger partial charge in [0.15, 0.2) is 0 Å². The molecule has 0 radical (unpaired) electrons. The molecule has 0 saturated heterocycles. The molecule has 3 aromatic rings. The van der Waals surface area contributed by atoms with Crippen molar-refractivity contribution in [3.8, 4) is 5.75 Å². The first-order chi connectivity index (χ1) is 16.2. The molecule has 0 bridgehead atoms. The standard InChI is InChI=1S/C28H34N4O/c1-31(2)17-18-33-24-13-11-23(12-14-24)32-20-26-25(15-16-29-26)27(30-19-21-7-6-8-21)28(32)22-9-4-3-5-10-22/h3-5,9-16,21,29-30H,6-8,17-20H2,1-2H3. The van der Waals surface area contributed by atoms with Crippen LogP contribution >= 0.6 is 0 Å². The van der Waals surface area contributed by atoms with E-state index < -0.39 is 0 Å². The molecule has 2 N–H and O–H groups in total. The number of aromatic nitrogens is 1. The predicted octanol–water partition coefficient (Wildman–Crippen LogP) is 5.19. The van der Waals surface area contributed by atoms with Crippen molar-refractivity contribution in [2.45, 2.75) is 25.8 Å². The lowest BCUT2D eigenvalue weighted by molar-refractivity contribution is 0.261. The molecule has 0 unspecified atom stereocenters. The van der Waals surface area contributed by atoms with Crippen LogP contribution in [0.1, 0.15) is 36.1 Å².